The molecule has 0 unspecified atom stereocenters. The van der Waals surface area contributed by atoms with Gasteiger partial charge in [0, 0.05) is 42.4 Å². The summed E-state index contributed by atoms with van der Waals surface area (Å²) in [7, 11) is -0.638. The summed E-state index contributed by atoms with van der Waals surface area (Å²) in [6.07, 6.45) is 0. The van der Waals surface area contributed by atoms with Crippen LogP contribution in [-0.2, 0) is 10.0 Å². The van der Waals surface area contributed by atoms with Gasteiger partial charge in [-0.1, -0.05) is 6.07 Å². The number of benzene rings is 2. The van der Waals surface area contributed by atoms with Crippen LogP contribution in [0.25, 0.3) is 0 Å². The topological polar surface area (TPSA) is 59.1 Å². The highest BCUT2D eigenvalue weighted by Crippen LogP contribution is 2.37. The molecule has 2 aromatic carbocycles. The van der Waals surface area contributed by atoms with Gasteiger partial charge in [-0.15, -0.1) is 0 Å². The highest BCUT2D eigenvalue weighted by atomic mass is 79.9. The Balaban J connectivity index is 1.80. The number of anilines is 1. The molecule has 0 atom stereocenters. The van der Waals surface area contributed by atoms with E-state index in [0.29, 0.717) is 42.2 Å². The molecule has 1 fully saturated rings. The van der Waals surface area contributed by atoms with E-state index in [9.17, 15) is 8.42 Å². The van der Waals surface area contributed by atoms with Gasteiger partial charge in [0.15, 0.2) is 11.5 Å². The zero-order chi connectivity index (χ0) is 20.5. The molecule has 0 bridgehead atoms. The van der Waals surface area contributed by atoms with Crippen LogP contribution in [0.4, 0.5) is 5.69 Å². The molecule has 28 heavy (non-hydrogen) atoms. The third kappa shape index (κ3) is 3.99. The van der Waals surface area contributed by atoms with Gasteiger partial charge in [-0.2, -0.15) is 4.31 Å². The molecule has 8 heteroatoms. The van der Waals surface area contributed by atoms with Crippen molar-refractivity contribution in [2.75, 3.05) is 45.3 Å². The molecule has 1 saturated heterocycles. The fourth-order valence-corrected chi connectivity index (χ4v) is 5.70. The number of rotatable bonds is 5. The molecule has 3 rings (SSSR count). The van der Waals surface area contributed by atoms with Gasteiger partial charge in [-0.25, -0.2) is 8.42 Å². The highest BCUT2D eigenvalue weighted by molar-refractivity contribution is 9.10. The number of piperazine rings is 1. The summed E-state index contributed by atoms with van der Waals surface area (Å²) in [6.45, 7) is 6.32. The molecule has 0 N–H and O–H groups in total. The van der Waals surface area contributed by atoms with Crippen molar-refractivity contribution in [3.63, 3.8) is 0 Å². The summed E-state index contributed by atoms with van der Waals surface area (Å²) >= 11 is 3.37. The zero-order valence-electron chi connectivity index (χ0n) is 16.5. The molecule has 1 aliphatic rings. The van der Waals surface area contributed by atoms with E-state index in [1.54, 1.807) is 6.07 Å². The van der Waals surface area contributed by atoms with Gasteiger partial charge in [0.2, 0.25) is 10.0 Å². The molecule has 0 aliphatic carbocycles. The Bertz CT molecular complexity index is 970. The zero-order valence-corrected chi connectivity index (χ0v) is 18.9. The standard InChI is InChI=1S/C20H25BrN2O4S/c1-14-5-6-16(11-15(14)2)22-7-9-23(10-8-22)28(24,25)20-13-19(27-4)18(26-3)12-17(20)21/h5-6,11-13H,7-10H2,1-4H3. The summed E-state index contributed by atoms with van der Waals surface area (Å²) in [5, 5.41) is 0. The van der Waals surface area contributed by atoms with Crippen molar-refractivity contribution in [1.29, 1.82) is 0 Å². The summed E-state index contributed by atoms with van der Waals surface area (Å²) < 4.78 is 38.9. The second-order valence-electron chi connectivity index (χ2n) is 6.80. The van der Waals surface area contributed by atoms with E-state index in [1.807, 2.05) is 0 Å². The lowest BCUT2D eigenvalue weighted by Crippen LogP contribution is -2.48. The normalized spacial score (nSPS) is 15.5. The van der Waals surface area contributed by atoms with Crippen LogP contribution in [0.1, 0.15) is 11.1 Å². The molecule has 1 heterocycles. The van der Waals surface area contributed by atoms with Crippen LogP contribution >= 0.6 is 15.9 Å². The molecule has 152 valence electrons. The van der Waals surface area contributed by atoms with Crippen molar-refractivity contribution in [3.8, 4) is 11.5 Å². The molecule has 0 spiro atoms. The Kier molecular flexibility index (Phi) is 6.21. The Labute approximate surface area is 175 Å². The Morgan fingerprint density at radius 1 is 0.893 bits per heavy atom. The predicted molar refractivity (Wildman–Crippen MR) is 114 cm³/mol. The van der Waals surface area contributed by atoms with E-state index in [1.165, 1.54) is 35.7 Å². The van der Waals surface area contributed by atoms with Crippen molar-refractivity contribution in [2.45, 2.75) is 18.7 Å². The smallest absolute Gasteiger partial charge is 0.244 e. The molecule has 6 nitrogen and oxygen atoms in total. The van der Waals surface area contributed by atoms with Gasteiger partial charge in [-0.3, -0.25) is 0 Å². The lowest BCUT2D eigenvalue weighted by molar-refractivity contribution is 0.352. The van der Waals surface area contributed by atoms with Crippen LogP contribution in [0, 0.1) is 13.8 Å². The first kappa shape index (κ1) is 21.0. The highest BCUT2D eigenvalue weighted by Gasteiger charge is 2.31. The monoisotopic (exact) mass is 468 g/mol. The molecule has 0 amide bonds. The first-order valence-corrected chi connectivity index (χ1v) is 11.2. The number of hydrogen-bond donors (Lipinski definition) is 0. The minimum Gasteiger partial charge on any atom is -0.493 e. The number of halogens is 1. The number of hydrogen-bond acceptors (Lipinski definition) is 5. The maximum absolute atomic E-state index is 13.2. The quantitative estimate of drug-likeness (QED) is 0.670. The Hall–Kier alpha value is -1.77. The lowest BCUT2D eigenvalue weighted by atomic mass is 10.1. The fraction of sp³-hybridized carbons (Fsp3) is 0.400. The Morgan fingerprint density at radius 2 is 1.50 bits per heavy atom. The lowest BCUT2D eigenvalue weighted by Gasteiger charge is -2.35. The van der Waals surface area contributed by atoms with Gasteiger partial charge in [-0.05, 0) is 59.1 Å². The largest absolute Gasteiger partial charge is 0.493 e. The summed E-state index contributed by atoms with van der Waals surface area (Å²) in [5.74, 6) is 0.867. The third-order valence-electron chi connectivity index (χ3n) is 5.15. The minimum absolute atomic E-state index is 0.185. The van der Waals surface area contributed by atoms with Crippen LogP contribution in [0.2, 0.25) is 0 Å². The maximum atomic E-state index is 13.2. The number of ether oxygens (including phenoxy) is 2. The average molecular weight is 469 g/mol. The number of aryl methyl sites for hydroxylation is 2. The number of sulfonamides is 1. The van der Waals surface area contributed by atoms with Crippen molar-refractivity contribution < 1.29 is 17.9 Å². The SMILES string of the molecule is COc1cc(Br)c(S(=O)(=O)N2CCN(c3ccc(C)c(C)c3)CC2)cc1OC. The van der Waals surface area contributed by atoms with Crippen molar-refractivity contribution in [3.05, 3.63) is 45.9 Å². The van der Waals surface area contributed by atoms with Crippen molar-refractivity contribution in [2.24, 2.45) is 0 Å². The van der Waals surface area contributed by atoms with Crippen molar-refractivity contribution >= 4 is 31.6 Å². The minimum atomic E-state index is -3.65. The van der Waals surface area contributed by atoms with Crippen LogP contribution in [0.15, 0.2) is 39.7 Å². The summed E-state index contributed by atoms with van der Waals surface area (Å²) in [6, 6.07) is 9.49. The van der Waals surface area contributed by atoms with Crippen molar-refractivity contribution in [1.82, 2.24) is 4.31 Å². The first-order valence-electron chi connectivity index (χ1n) is 9.02. The van der Waals surface area contributed by atoms with E-state index in [-0.39, 0.29) is 4.90 Å². The average Bonchev–Trinajstić information content (AvgIpc) is 2.69. The molecule has 0 radical (unpaired) electrons. The molecular formula is C20H25BrN2O4S. The van der Waals surface area contributed by atoms with E-state index in [2.05, 4.69) is 52.9 Å². The van der Waals surface area contributed by atoms with Crippen LogP contribution in [-0.4, -0.2) is 53.1 Å². The fourth-order valence-electron chi connectivity index (χ4n) is 3.28. The van der Waals surface area contributed by atoms with Crippen LogP contribution in [0.3, 0.4) is 0 Å². The predicted octanol–water partition coefficient (Wildman–Crippen LogP) is 3.59. The van der Waals surface area contributed by atoms with Gasteiger partial charge in [0.05, 0.1) is 14.2 Å². The van der Waals surface area contributed by atoms with Gasteiger partial charge in [0.25, 0.3) is 0 Å². The number of methoxy groups -OCH3 is 2. The molecule has 1 aliphatic heterocycles. The van der Waals surface area contributed by atoms with E-state index in [4.69, 9.17) is 9.47 Å². The van der Waals surface area contributed by atoms with Crippen LogP contribution in [0.5, 0.6) is 11.5 Å². The third-order valence-corrected chi connectivity index (χ3v) is 8.01. The second kappa shape index (κ2) is 8.31. The summed E-state index contributed by atoms with van der Waals surface area (Å²) in [5.41, 5.74) is 3.62. The van der Waals surface area contributed by atoms with Gasteiger partial charge < -0.3 is 14.4 Å². The summed E-state index contributed by atoms with van der Waals surface area (Å²) in [4.78, 5) is 2.41. The molecule has 0 saturated carbocycles. The molecule has 2 aromatic rings. The molecule has 0 aromatic heterocycles. The maximum Gasteiger partial charge on any atom is 0.244 e. The Morgan fingerprint density at radius 3 is 2.07 bits per heavy atom. The van der Waals surface area contributed by atoms with E-state index < -0.39 is 10.0 Å². The second-order valence-corrected chi connectivity index (χ2v) is 9.56. The van der Waals surface area contributed by atoms with E-state index >= 15 is 0 Å². The van der Waals surface area contributed by atoms with Gasteiger partial charge >= 0.3 is 0 Å². The molecular weight excluding hydrogens is 444 g/mol. The van der Waals surface area contributed by atoms with Crippen LogP contribution < -0.4 is 14.4 Å². The first-order chi connectivity index (χ1) is 13.3. The van der Waals surface area contributed by atoms with E-state index in [0.717, 1.165) is 5.69 Å². The number of nitrogens with zero attached hydrogens (tertiary/aromatic N) is 2. The van der Waals surface area contributed by atoms with Gasteiger partial charge in [0.1, 0.15) is 4.90 Å².